The molecule has 1 rings (SSSR count). The maximum Gasteiger partial charge on any atom is 0.407 e. The van der Waals surface area contributed by atoms with Crippen LogP contribution >= 0.6 is 0 Å². The van der Waals surface area contributed by atoms with E-state index in [4.69, 9.17) is 39.3 Å². The SMILES string of the molecule is CC(C)(C)OC(=O)NC(CCC(N)=O)COCc1ccc(CCOCCOCCOCCOCC(=O)O)cc1. The number of benzene rings is 1. The predicted octanol–water partition coefficient (Wildman–Crippen LogP) is 2.06. The molecule has 1 atom stereocenters. The summed E-state index contributed by atoms with van der Waals surface area (Å²) >= 11 is 0. The number of hydrogen-bond donors (Lipinski definition) is 3. The van der Waals surface area contributed by atoms with E-state index in [0.717, 1.165) is 17.5 Å². The second-order valence-corrected chi connectivity index (χ2v) is 9.71. The van der Waals surface area contributed by atoms with Crippen LogP contribution in [0.5, 0.6) is 0 Å². The van der Waals surface area contributed by atoms with Crippen molar-refractivity contribution in [3.8, 4) is 0 Å². The number of carboxylic acid groups (broad SMARTS) is 1. The summed E-state index contributed by atoms with van der Waals surface area (Å²) in [6.45, 7) is 8.46. The molecule has 2 amide bonds. The lowest BCUT2D eigenvalue weighted by molar-refractivity contribution is -0.142. The van der Waals surface area contributed by atoms with Crippen LogP contribution in [0.4, 0.5) is 4.79 Å². The fourth-order valence-corrected chi connectivity index (χ4v) is 3.12. The highest BCUT2D eigenvalue weighted by Crippen LogP contribution is 2.10. The molecule has 12 heteroatoms. The smallest absolute Gasteiger partial charge is 0.407 e. The van der Waals surface area contributed by atoms with Gasteiger partial charge in [0.05, 0.1) is 65.5 Å². The van der Waals surface area contributed by atoms with E-state index in [-0.39, 0.29) is 26.2 Å². The van der Waals surface area contributed by atoms with Crippen LogP contribution in [-0.2, 0) is 51.0 Å². The quantitative estimate of drug-likeness (QED) is 0.180. The van der Waals surface area contributed by atoms with Gasteiger partial charge in [0.25, 0.3) is 0 Å². The molecular weight excluding hydrogens is 512 g/mol. The first kappa shape index (κ1) is 34.3. The summed E-state index contributed by atoms with van der Waals surface area (Å²) < 4.78 is 32.2. The van der Waals surface area contributed by atoms with E-state index in [1.54, 1.807) is 20.8 Å². The zero-order chi connectivity index (χ0) is 28.9. The summed E-state index contributed by atoms with van der Waals surface area (Å²) in [7, 11) is 0. The standard InChI is InChI=1S/C27H44N2O10/c1-27(2,3)39-26(33)29-23(8-9-24(28)30)19-38-18-22-6-4-21(5-7-22)10-11-34-12-13-35-14-15-36-16-17-37-20-25(31)32/h4-7,23H,8-20H2,1-3H3,(H2,28,30)(H,29,33)(H,31,32). The third kappa shape index (κ3) is 20.8. The van der Waals surface area contributed by atoms with Crippen molar-refractivity contribution in [3.63, 3.8) is 0 Å². The highest BCUT2D eigenvalue weighted by molar-refractivity contribution is 5.74. The fraction of sp³-hybridized carbons (Fsp3) is 0.667. The summed E-state index contributed by atoms with van der Waals surface area (Å²) in [5.74, 6) is -1.45. The monoisotopic (exact) mass is 556 g/mol. The van der Waals surface area contributed by atoms with E-state index in [0.29, 0.717) is 52.7 Å². The van der Waals surface area contributed by atoms with Crippen LogP contribution in [0.1, 0.15) is 44.7 Å². The number of carbonyl (C=O) groups is 3. The Labute approximate surface area is 230 Å². The molecule has 0 heterocycles. The number of aliphatic carboxylic acids is 1. The largest absolute Gasteiger partial charge is 0.480 e. The molecule has 222 valence electrons. The van der Waals surface area contributed by atoms with E-state index in [2.05, 4.69) is 5.32 Å². The Bertz CT molecular complexity index is 827. The molecule has 4 N–H and O–H groups in total. The van der Waals surface area contributed by atoms with Crippen molar-refractivity contribution in [2.24, 2.45) is 5.73 Å². The average Bonchev–Trinajstić information content (AvgIpc) is 2.84. The van der Waals surface area contributed by atoms with E-state index in [1.807, 2.05) is 24.3 Å². The van der Waals surface area contributed by atoms with Gasteiger partial charge in [-0.1, -0.05) is 24.3 Å². The third-order valence-electron chi connectivity index (χ3n) is 4.95. The lowest BCUT2D eigenvalue weighted by atomic mass is 10.1. The molecular formula is C27H44N2O10. The normalized spacial score (nSPS) is 12.2. The number of nitrogens with one attached hydrogen (secondary N) is 1. The number of primary amides is 1. The Morgan fingerprint density at radius 3 is 1.92 bits per heavy atom. The Hall–Kier alpha value is -2.77. The zero-order valence-corrected chi connectivity index (χ0v) is 23.3. The van der Waals surface area contributed by atoms with Gasteiger partial charge in [-0.25, -0.2) is 9.59 Å². The van der Waals surface area contributed by atoms with E-state index >= 15 is 0 Å². The van der Waals surface area contributed by atoms with Gasteiger partial charge in [0.15, 0.2) is 0 Å². The van der Waals surface area contributed by atoms with Crippen LogP contribution in [0.15, 0.2) is 24.3 Å². The number of carbonyl (C=O) groups excluding carboxylic acids is 2. The van der Waals surface area contributed by atoms with Gasteiger partial charge in [-0.15, -0.1) is 0 Å². The van der Waals surface area contributed by atoms with Crippen LogP contribution in [0.2, 0.25) is 0 Å². The Kier molecular flexibility index (Phi) is 17.7. The molecule has 0 aromatic heterocycles. The van der Waals surface area contributed by atoms with Gasteiger partial charge in [-0.3, -0.25) is 4.79 Å². The molecule has 1 aromatic rings. The highest BCUT2D eigenvalue weighted by atomic mass is 16.6. The van der Waals surface area contributed by atoms with Gasteiger partial charge in [0.1, 0.15) is 12.2 Å². The maximum absolute atomic E-state index is 12.1. The fourth-order valence-electron chi connectivity index (χ4n) is 3.12. The topological polar surface area (TPSA) is 165 Å². The summed E-state index contributed by atoms with van der Waals surface area (Å²) in [6.07, 6.45) is 0.687. The molecule has 0 saturated heterocycles. The minimum absolute atomic E-state index is 0.133. The number of ether oxygens (including phenoxy) is 6. The number of amides is 2. The van der Waals surface area contributed by atoms with Crippen LogP contribution in [-0.4, -0.2) is 94.2 Å². The van der Waals surface area contributed by atoms with Crippen molar-refractivity contribution in [2.75, 3.05) is 59.5 Å². The van der Waals surface area contributed by atoms with Gasteiger partial charge in [0, 0.05) is 6.42 Å². The van der Waals surface area contributed by atoms with Gasteiger partial charge in [-0.05, 0) is 44.7 Å². The first-order valence-electron chi connectivity index (χ1n) is 13.0. The summed E-state index contributed by atoms with van der Waals surface area (Å²) in [6, 6.07) is 7.58. The maximum atomic E-state index is 12.1. The van der Waals surface area contributed by atoms with Crippen molar-refractivity contribution in [1.29, 1.82) is 0 Å². The second-order valence-electron chi connectivity index (χ2n) is 9.71. The van der Waals surface area contributed by atoms with Gasteiger partial charge in [0.2, 0.25) is 5.91 Å². The highest BCUT2D eigenvalue weighted by Gasteiger charge is 2.20. The number of hydrogen-bond acceptors (Lipinski definition) is 9. The van der Waals surface area contributed by atoms with Crippen molar-refractivity contribution >= 4 is 18.0 Å². The lowest BCUT2D eigenvalue weighted by Crippen LogP contribution is -2.42. The molecule has 1 aromatic carbocycles. The molecule has 0 aliphatic heterocycles. The molecule has 12 nitrogen and oxygen atoms in total. The van der Waals surface area contributed by atoms with E-state index < -0.39 is 29.6 Å². The third-order valence-corrected chi connectivity index (χ3v) is 4.95. The minimum atomic E-state index is -1.00. The summed E-state index contributed by atoms with van der Waals surface area (Å²) in [5, 5.41) is 11.2. The van der Waals surface area contributed by atoms with Gasteiger partial charge >= 0.3 is 12.1 Å². The van der Waals surface area contributed by atoms with Crippen LogP contribution in [0.25, 0.3) is 0 Å². The Morgan fingerprint density at radius 1 is 0.846 bits per heavy atom. The second kappa shape index (κ2) is 20.2. The van der Waals surface area contributed by atoms with Crippen molar-refractivity contribution in [2.45, 2.75) is 58.3 Å². The molecule has 0 fully saturated rings. The van der Waals surface area contributed by atoms with Crippen molar-refractivity contribution in [1.82, 2.24) is 5.32 Å². The minimum Gasteiger partial charge on any atom is -0.480 e. The van der Waals surface area contributed by atoms with E-state index in [9.17, 15) is 14.4 Å². The number of carboxylic acids is 1. The summed E-state index contributed by atoms with van der Waals surface area (Å²) in [5.41, 5.74) is 6.73. The molecule has 0 aliphatic carbocycles. The molecule has 0 radical (unpaired) electrons. The Morgan fingerprint density at radius 2 is 1.38 bits per heavy atom. The van der Waals surface area contributed by atoms with Crippen molar-refractivity contribution in [3.05, 3.63) is 35.4 Å². The van der Waals surface area contributed by atoms with Crippen molar-refractivity contribution < 1.29 is 47.9 Å². The van der Waals surface area contributed by atoms with Gasteiger partial charge in [-0.2, -0.15) is 0 Å². The number of alkyl carbamates (subject to hydrolysis) is 1. The molecule has 0 saturated carbocycles. The summed E-state index contributed by atoms with van der Waals surface area (Å²) in [4.78, 5) is 33.5. The number of nitrogens with two attached hydrogens (primary N) is 1. The predicted molar refractivity (Wildman–Crippen MR) is 142 cm³/mol. The molecule has 1 unspecified atom stereocenters. The number of rotatable bonds is 22. The van der Waals surface area contributed by atoms with Crippen LogP contribution < -0.4 is 11.1 Å². The molecule has 0 spiro atoms. The first-order valence-corrected chi connectivity index (χ1v) is 13.0. The zero-order valence-electron chi connectivity index (χ0n) is 23.3. The van der Waals surface area contributed by atoms with E-state index in [1.165, 1.54) is 0 Å². The van der Waals surface area contributed by atoms with Crippen LogP contribution in [0, 0.1) is 0 Å². The first-order chi connectivity index (χ1) is 18.5. The Balaban J connectivity index is 2.17. The van der Waals surface area contributed by atoms with Gasteiger partial charge < -0.3 is 44.6 Å². The molecule has 0 aliphatic rings. The lowest BCUT2D eigenvalue weighted by Gasteiger charge is -2.23. The average molecular weight is 557 g/mol. The molecule has 0 bridgehead atoms. The molecule has 39 heavy (non-hydrogen) atoms. The van der Waals surface area contributed by atoms with Crippen LogP contribution in [0.3, 0.4) is 0 Å².